The van der Waals surface area contributed by atoms with E-state index >= 15 is 0 Å². The van der Waals surface area contributed by atoms with Gasteiger partial charge in [-0.1, -0.05) is 18.2 Å². The lowest BCUT2D eigenvalue weighted by molar-refractivity contribution is 0.123. The third-order valence-electron chi connectivity index (χ3n) is 2.74. The molecule has 3 heteroatoms. The van der Waals surface area contributed by atoms with E-state index in [1.54, 1.807) is 0 Å². The van der Waals surface area contributed by atoms with Crippen molar-refractivity contribution in [2.75, 3.05) is 31.2 Å². The normalized spacial score (nSPS) is 17.2. The Kier molecular flexibility index (Phi) is 2.35. The SMILES string of the molecule is c1ccc2sc(N3CCOCC3)cc2c1. The minimum Gasteiger partial charge on any atom is -0.378 e. The van der Waals surface area contributed by atoms with Crippen molar-refractivity contribution in [2.24, 2.45) is 0 Å². The van der Waals surface area contributed by atoms with Crippen molar-refractivity contribution >= 4 is 26.4 Å². The summed E-state index contributed by atoms with van der Waals surface area (Å²) in [5.74, 6) is 0. The molecule has 78 valence electrons. The first-order chi connectivity index (χ1) is 7.43. The number of ether oxygens (including phenoxy) is 1. The molecule has 1 aliphatic rings. The van der Waals surface area contributed by atoms with Crippen LogP contribution >= 0.6 is 11.3 Å². The fraction of sp³-hybridized carbons (Fsp3) is 0.333. The maximum Gasteiger partial charge on any atom is 0.0922 e. The number of hydrogen-bond acceptors (Lipinski definition) is 3. The smallest absolute Gasteiger partial charge is 0.0922 e. The minimum absolute atomic E-state index is 0.855. The van der Waals surface area contributed by atoms with E-state index in [1.165, 1.54) is 15.1 Å². The summed E-state index contributed by atoms with van der Waals surface area (Å²) in [5.41, 5.74) is 0. The summed E-state index contributed by atoms with van der Waals surface area (Å²) in [6.07, 6.45) is 0. The molecule has 3 rings (SSSR count). The van der Waals surface area contributed by atoms with Crippen LogP contribution in [0.3, 0.4) is 0 Å². The molecule has 1 aliphatic heterocycles. The van der Waals surface area contributed by atoms with E-state index in [9.17, 15) is 0 Å². The first-order valence-electron chi connectivity index (χ1n) is 5.25. The molecule has 2 heterocycles. The fourth-order valence-corrected chi connectivity index (χ4v) is 3.02. The number of hydrogen-bond donors (Lipinski definition) is 0. The number of thiophene rings is 1. The van der Waals surface area contributed by atoms with Gasteiger partial charge in [-0.2, -0.15) is 0 Å². The molecule has 0 unspecified atom stereocenters. The zero-order valence-electron chi connectivity index (χ0n) is 8.48. The van der Waals surface area contributed by atoms with Crippen LogP contribution in [0.5, 0.6) is 0 Å². The van der Waals surface area contributed by atoms with Gasteiger partial charge in [0.15, 0.2) is 0 Å². The highest BCUT2D eigenvalue weighted by molar-refractivity contribution is 7.22. The number of benzene rings is 1. The Bertz CT molecular complexity index is 426. The first-order valence-corrected chi connectivity index (χ1v) is 6.06. The number of morpholine rings is 1. The Labute approximate surface area is 93.1 Å². The van der Waals surface area contributed by atoms with E-state index in [2.05, 4.69) is 35.2 Å². The number of nitrogens with zero attached hydrogens (tertiary/aromatic N) is 1. The van der Waals surface area contributed by atoms with Gasteiger partial charge in [0.25, 0.3) is 0 Å². The second-order valence-corrected chi connectivity index (χ2v) is 4.78. The second-order valence-electron chi connectivity index (χ2n) is 3.72. The summed E-state index contributed by atoms with van der Waals surface area (Å²) >= 11 is 1.87. The molecule has 1 fully saturated rings. The van der Waals surface area contributed by atoms with Crippen molar-refractivity contribution in [2.45, 2.75) is 0 Å². The molecule has 0 saturated carbocycles. The van der Waals surface area contributed by atoms with Crippen LogP contribution in [0.4, 0.5) is 5.00 Å². The van der Waals surface area contributed by atoms with Crippen LogP contribution < -0.4 is 4.90 Å². The molecule has 2 aromatic rings. The maximum absolute atomic E-state index is 5.36. The Hall–Kier alpha value is -1.06. The lowest BCUT2D eigenvalue weighted by Crippen LogP contribution is -2.35. The molecule has 1 saturated heterocycles. The zero-order chi connectivity index (χ0) is 10.1. The number of rotatable bonds is 1. The van der Waals surface area contributed by atoms with E-state index in [-0.39, 0.29) is 0 Å². The lowest BCUT2D eigenvalue weighted by Gasteiger charge is -2.27. The topological polar surface area (TPSA) is 12.5 Å². The third kappa shape index (κ3) is 1.73. The number of fused-ring (bicyclic) bond motifs is 1. The highest BCUT2D eigenvalue weighted by atomic mass is 32.1. The summed E-state index contributed by atoms with van der Waals surface area (Å²) in [6.45, 7) is 3.75. The Morgan fingerprint density at radius 1 is 1.13 bits per heavy atom. The average Bonchev–Trinajstić information content (AvgIpc) is 2.74. The molecule has 0 N–H and O–H groups in total. The van der Waals surface area contributed by atoms with Crippen LogP contribution in [-0.2, 0) is 4.74 Å². The van der Waals surface area contributed by atoms with Crippen LogP contribution in [0.2, 0.25) is 0 Å². The maximum atomic E-state index is 5.36. The van der Waals surface area contributed by atoms with Crippen molar-refractivity contribution < 1.29 is 4.74 Å². The minimum atomic E-state index is 0.855. The molecule has 0 bridgehead atoms. The quantitative estimate of drug-likeness (QED) is 0.731. The molecule has 0 spiro atoms. The van der Waals surface area contributed by atoms with Gasteiger partial charge < -0.3 is 9.64 Å². The van der Waals surface area contributed by atoms with Gasteiger partial charge in [-0.25, -0.2) is 0 Å². The van der Waals surface area contributed by atoms with Gasteiger partial charge in [0, 0.05) is 17.8 Å². The summed E-state index contributed by atoms with van der Waals surface area (Å²) in [5, 5.41) is 2.73. The van der Waals surface area contributed by atoms with Crippen molar-refractivity contribution in [1.29, 1.82) is 0 Å². The van der Waals surface area contributed by atoms with Gasteiger partial charge in [0.05, 0.1) is 18.2 Å². The highest BCUT2D eigenvalue weighted by Crippen LogP contribution is 2.32. The molecule has 2 nitrogen and oxygen atoms in total. The molecular weight excluding hydrogens is 206 g/mol. The van der Waals surface area contributed by atoms with Gasteiger partial charge >= 0.3 is 0 Å². The van der Waals surface area contributed by atoms with Crippen LogP contribution in [0.25, 0.3) is 10.1 Å². The van der Waals surface area contributed by atoms with Crippen molar-refractivity contribution in [3.05, 3.63) is 30.3 Å². The largest absolute Gasteiger partial charge is 0.378 e. The van der Waals surface area contributed by atoms with Crippen LogP contribution in [0, 0.1) is 0 Å². The number of anilines is 1. The zero-order valence-corrected chi connectivity index (χ0v) is 9.30. The summed E-state index contributed by atoms with van der Waals surface area (Å²) in [6, 6.07) is 10.8. The second kappa shape index (κ2) is 3.83. The molecule has 0 amide bonds. The average molecular weight is 219 g/mol. The van der Waals surface area contributed by atoms with Crippen LogP contribution in [-0.4, -0.2) is 26.3 Å². The van der Waals surface area contributed by atoms with Gasteiger partial charge in [0.2, 0.25) is 0 Å². The van der Waals surface area contributed by atoms with E-state index in [0.29, 0.717) is 0 Å². The van der Waals surface area contributed by atoms with E-state index in [4.69, 9.17) is 4.74 Å². The van der Waals surface area contributed by atoms with Crippen LogP contribution in [0.15, 0.2) is 30.3 Å². The summed E-state index contributed by atoms with van der Waals surface area (Å²) in [4.78, 5) is 2.41. The fourth-order valence-electron chi connectivity index (χ4n) is 1.91. The molecule has 0 atom stereocenters. The molecule has 15 heavy (non-hydrogen) atoms. The van der Waals surface area contributed by atoms with E-state index < -0.39 is 0 Å². The van der Waals surface area contributed by atoms with Crippen molar-refractivity contribution in [1.82, 2.24) is 0 Å². The first kappa shape index (κ1) is 9.19. The Morgan fingerprint density at radius 2 is 1.93 bits per heavy atom. The van der Waals surface area contributed by atoms with E-state index in [0.717, 1.165) is 26.3 Å². The molecule has 0 radical (unpaired) electrons. The highest BCUT2D eigenvalue weighted by Gasteiger charge is 2.13. The molecule has 1 aromatic heterocycles. The Morgan fingerprint density at radius 3 is 2.73 bits per heavy atom. The lowest BCUT2D eigenvalue weighted by atomic mass is 10.2. The Balaban J connectivity index is 1.96. The predicted molar refractivity (Wildman–Crippen MR) is 64.9 cm³/mol. The standard InChI is InChI=1S/C12H13NOS/c1-2-4-11-10(3-1)9-12(15-11)13-5-7-14-8-6-13/h1-4,9H,5-8H2. The van der Waals surface area contributed by atoms with Crippen LogP contribution in [0.1, 0.15) is 0 Å². The van der Waals surface area contributed by atoms with Gasteiger partial charge in [-0.3, -0.25) is 0 Å². The van der Waals surface area contributed by atoms with Gasteiger partial charge in [-0.05, 0) is 17.5 Å². The summed E-state index contributed by atoms with van der Waals surface area (Å²) < 4.78 is 6.73. The van der Waals surface area contributed by atoms with Crippen molar-refractivity contribution in [3.8, 4) is 0 Å². The molecule has 0 aliphatic carbocycles. The molecule has 1 aromatic carbocycles. The predicted octanol–water partition coefficient (Wildman–Crippen LogP) is 2.74. The van der Waals surface area contributed by atoms with Crippen molar-refractivity contribution in [3.63, 3.8) is 0 Å². The van der Waals surface area contributed by atoms with Gasteiger partial charge in [0.1, 0.15) is 0 Å². The third-order valence-corrected chi connectivity index (χ3v) is 3.91. The summed E-state index contributed by atoms with van der Waals surface area (Å²) in [7, 11) is 0. The van der Waals surface area contributed by atoms with Gasteiger partial charge in [-0.15, -0.1) is 11.3 Å². The monoisotopic (exact) mass is 219 g/mol. The van der Waals surface area contributed by atoms with E-state index in [1.807, 2.05) is 11.3 Å². The molecular formula is C12H13NOS.